The van der Waals surface area contributed by atoms with Gasteiger partial charge in [-0.2, -0.15) is 0 Å². The van der Waals surface area contributed by atoms with Crippen LogP contribution in [0.3, 0.4) is 0 Å². The van der Waals surface area contributed by atoms with E-state index in [0.29, 0.717) is 35.7 Å². The van der Waals surface area contributed by atoms with Crippen LogP contribution in [0.15, 0.2) is 0 Å². The van der Waals surface area contributed by atoms with Crippen molar-refractivity contribution in [3.05, 3.63) is 0 Å². The molecule has 0 radical (unpaired) electrons. The summed E-state index contributed by atoms with van der Waals surface area (Å²) in [5, 5.41) is 0. The average Bonchev–Trinajstić information content (AvgIpc) is 3.50. The number of ether oxygens (including phenoxy) is 1. The predicted molar refractivity (Wildman–Crippen MR) is 226 cm³/mol. The summed E-state index contributed by atoms with van der Waals surface area (Å²) in [5.74, 6) is 6.90. The molecule has 2 nitrogen and oxygen atoms in total. The smallest absolute Gasteiger partial charge is 0.305 e. The van der Waals surface area contributed by atoms with Crippen molar-refractivity contribution in [1.82, 2.24) is 0 Å². The summed E-state index contributed by atoms with van der Waals surface area (Å²) in [5.41, 5.74) is 1.24. The fourth-order valence-electron chi connectivity index (χ4n) is 13.1. The second kappa shape index (κ2) is 23.5. The standard InChI is InChI=1S/C50H92O2/c1-7-8-9-10-11-12-13-14-15-16-17-18-19-20-21-22-23-24-25-29-48(51)52-39-42(4)40(2)30-31-41(3)45-34-35-46-44-33-32-43-28-26-27-37-49(43,5)47(44)36-38-50(45,46)6/h40-47H,7-39H2,1-6H3/t40-,41+,42?,43?,44-,45+,46-,47-,49-,50+/m0/s1. The minimum absolute atomic E-state index is 0.0380. The van der Waals surface area contributed by atoms with E-state index in [4.69, 9.17) is 4.74 Å². The first-order chi connectivity index (χ1) is 25.2. The van der Waals surface area contributed by atoms with Crippen LogP contribution in [0.4, 0.5) is 0 Å². The van der Waals surface area contributed by atoms with Gasteiger partial charge in [-0.05, 0) is 116 Å². The molecule has 4 rings (SSSR count). The summed E-state index contributed by atoms with van der Waals surface area (Å²) in [4.78, 5) is 12.5. The van der Waals surface area contributed by atoms with Crippen molar-refractivity contribution in [2.45, 2.75) is 247 Å². The molecule has 10 atom stereocenters. The fourth-order valence-corrected chi connectivity index (χ4v) is 13.1. The minimum atomic E-state index is 0.0380. The maximum atomic E-state index is 12.5. The van der Waals surface area contributed by atoms with E-state index in [-0.39, 0.29) is 5.97 Å². The summed E-state index contributed by atoms with van der Waals surface area (Å²) in [6.07, 6.45) is 44.6. The molecule has 0 N–H and O–H groups in total. The number of fused-ring (bicyclic) bond motifs is 5. The van der Waals surface area contributed by atoms with Gasteiger partial charge in [-0.3, -0.25) is 4.79 Å². The molecule has 304 valence electrons. The van der Waals surface area contributed by atoms with Gasteiger partial charge in [0.2, 0.25) is 0 Å². The predicted octanol–water partition coefficient (Wildman–Crippen LogP) is 16.1. The lowest BCUT2D eigenvalue weighted by molar-refractivity contribution is -0.145. The van der Waals surface area contributed by atoms with Crippen molar-refractivity contribution in [2.75, 3.05) is 6.61 Å². The lowest BCUT2D eigenvalue weighted by Crippen LogP contribution is -2.53. The van der Waals surface area contributed by atoms with Crippen LogP contribution >= 0.6 is 0 Å². The lowest BCUT2D eigenvalue weighted by Gasteiger charge is -2.61. The molecule has 0 aromatic heterocycles. The van der Waals surface area contributed by atoms with E-state index >= 15 is 0 Å². The number of hydrogen-bond acceptors (Lipinski definition) is 2. The maximum absolute atomic E-state index is 12.5. The molecule has 0 amide bonds. The third-order valence-corrected chi connectivity index (χ3v) is 16.9. The molecular formula is C50H92O2. The van der Waals surface area contributed by atoms with Crippen LogP contribution in [0.2, 0.25) is 0 Å². The number of rotatable bonds is 27. The van der Waals surface area contributed by atoms with Crippen molar-refractivity contribution in [3.8, 4) is 0 Å². The molecule has 0 aliphatic heterocycles. The van der Waals surface area contributed by atoms with Gasteiger partial charge in [0.05, 0.1) is 6.61 Å². The molecule has 0 aromatic carbocycles. The van der Waals surface area contributed by atoms with Crippen molar-refractivity contribution < 1.29 is 9.53 Å². The Morgan fingerprint density at radius 2 is 1.13 bits per heavy atom. The van der Waals surface area contributed by atoms with Crippen LogP contribution < -0.4 is 0 Å². The zero-order valence-electron chi connectivity index (χ0n) is 36.3. The normalized spacial score (nSPS) is 31.7. The van der Waals surface area contributed by atoms with Crippen LogP contribution in [0.5, 0.6) is 0 Å². The first kappa shape index (κ1) is 44.2. The van der Waals surface area contributed by atoms with Gasteiger partial charge in [0.25, 0.3) is 0 Å². The highest BCUT2D eigenvalue weighted by molar-refractivity contribution is 5.69. The Labute approximate surface area is 326 Å². The molecule has 0 saturated heterocycles. The molecule has 4 aliphatic carbocycles. The topological polar surface area (TPSA) is 26.3 Å². The third-order valence-electron chi connectivity index (χ3n) is 16.9. The highest BCUT2D eigenvalue weighted by Crippen LogP contribution is 2.68. The number of carbonyl (C=O) groups is 1. The second-order valence-electron chi connectivity index (χ2n) is 20.4. The van der Waals surface area contributed by atoms with Gasteiger partial charge >= 0.3 is 5.97 Å². The van der Waals surface area contributed by atoms with Crippen LogP contribution in [-0.2, 0) is 9.53 Å². The van der Waals surface area contributed by atoms with Crippen LogP contribution in [0, 0.1) is 58.2 Å². The largest absolute Gasteiger partial charge is 0.465 e. The molecule has 0 bridgehead atoms. The summed E-state index contributed by atoms with van der Waals surface area (Å²) < 4.78 is 5.81. The van der Waals surface area contributed by atoms with Crippen molar-refractivity contribution >= 4 is 5.97 Å². The number of hydrogen-bond donors (Lipinski definition) is 0. The van der Waals surface area contributed by atoms with Crippen LogP contribution in [0.1, 0.15) is 247 Å². The Morgan fingerprint density at radius 1 is 0.577 bits per heavy atom. The zero-order chi connectivity index (χ0) is 37.2. The van der Waals surface area contributed by atoms with E-state index in [1.165, 1.54) is 186 Å². The summed E-state index contributed by atoms with van der Waals surface area (Å²) in [7, 11) is 0. The summed E-state index contributed by atoms with van der Waals surface area (Å²) >= 11 is 0. The highest BCUT2D eigenvalue weighted by Gasteiger charge is 2.60. The molecule has 4 fully saturated rings. The molecule has 2 unspecified atom stereocenters. The molecule has 52 heavy (non-hydrogen) atoms. The SMILES string of the molecule is CCCCCCCCCCCCCCCCCCCCCC(=O)OCC(C)[C@@H](C)CC[C@@H](C)[C@H]1CC[C@H]2[C@@H]3CCC4CCCC[C@]4(C)[C@H]3CC[C@]12C. The second-order valence-corrected chi connectivity index (χ2v) is 20.4. The van der Waals surface area contributed by atoms with Gasteiger partial charge in [0.1, 0.15) is 0 Å². The quantitative estimate of drug-likeness (QED) is 0.0623. The Bertz CT molecular complexity index is 958. The van der Waals surface area contributed by atoms with Gasteiger partial charge < -0.3 is 4.74 Å². The fraction of sp³-hybridized carbons (Fsp3) is 0.980. The van der Waals surface area contributed by atoms with Crippen molar-refractivity contribution in [1.29, 1.82) is 0 Å². The maximum Gasteiger partial charge on any atom is 0.305 e. The number of carbonyl (C=O) groups excluding carboxylic acids is 1. The molecule has 0 heterocycles. The highest BCUT2D eigenvalue weighted by atomic mass is 16.5. The Balaban J connectivity index is 0.971. The van der Waals surface area contributed by atoms with E-state index < -0.39 is 0 Å². The first-order valence-electron chi connectivity index (χ1n) is 24.4. The Hall–Kier alpha value is -0.530. The zero-order valence-corrected chi connectivity index (χ0v) is 36.3. The van der Waals surface area contributed by atoms with Gasteiger partial charge in [0.15, 0.2) is 0 Å². The van der Waals surface area contributed by atoms with E-state index in [2.05, 4.69) is 41.5 Å². The molecule has 4 aliphatic rings. The molecule has 0 spiro atoms. The Kier molecular flexibility index (Phi) is 20.0. The van der Waals surface area contributed by atoms with Crippen molar-refractivity contribution in [2.24, 2.45) is 58.2 Å². The van der Waals surface area contributed by atoms with Gasteiger partial charge in [-0.15, -0.1) is 0 Å². The molecule has 0 aromatic rings. The minimum Gasteiger partial charge on any atom is -0.465 e. The van der Waals surface area contributed by atoms with E-state index in [1.54, 1.807) is 6.42 Å². The molecule has 2 heteroatoms. The number of esters is 1. The average molecular weight is 725 g/mol. The Morgan fingerprint density at radius 3 is 1.73 bits per heavy atom. The summed E-state index contributed by atoms with van der Waals surface area (Å²) in [6, 6.07) is 0. The third kappa shape index (κ3) is 13.0. The van der Waals surface area contributed by atoms with Crippen molar-refractivity contribution in [3.63, 3.8) is 0 Å². The number of unbranched alkanes of at least 4 members (excludes halogenated alkanes) is 18. The van der Waals surface area contributed by atoms with E-state index in [1.807, 2.05) is 0 Å². The van der Waals surface area contributed by atoms with Crippen LogP contribution in [0.25, 0.3) is 0 Å². The van der Waals surface area contributed by atoms with Gasteiger partial charge in [-0.25, -0.2) is 0 Å². The lowest BCUT2D eigenvalue weighted by atomic mass is 9.44. The first-order valence-corrected chi connectivity index (χ1v) is 24.4. The monoisotopic (exact) mass is 725 g/mol. The van der Waals surface area contributed by atoms with E-state index in [9.17, 15) is 4.79 Å². The van der Waals surface area contributed by atoms with Gasteiger partial charge in [0, 0.05) is 6.42 Å². The van der Waals surface area contributed by atoms with Gasteiger partial charge in [-0.1, -0.05) is 183 Å². The van der Waals surface area contributed by atoms with Crippen LogP contribution in [-0.4, -0.2) is 12.6 Å². The summed E-state index contributed by atoms with van der Waals surface area (Å²) in [6.45, 7) is 15.7. The molecule has 4 saturated carbocycles. The van der Waals surface area contributed by atoms with E-state index in [0.717, 1.165) is 41.9 Å². The molecular weight excluding hydrogens is 633 g/mol.